The number of morpholine rings is 1. The lowest BCUT2D eigenvalue weighted by atomic mass is 10.1. The van der Waals surface area contributed by atoms with Crippen molar-refractivity contribution in [3.05, 3.63) is 18.0 Å². The molecule has 1 atom stereocenters. The Morgan fingerprint density at radius 2 is 1.82 bits per heavy atom. The molecule has 3 aliphatic heterocycles. The van der Waals surface area contributed by atoms with E-state index < -0.39 is 10.2 Å². The number of rotatable bonds is 5. The van der Waals surface area contributed by atoms with Gasteiger partial charge in [0.25, 0.3) is 10.2 Å². The van der Waals surface area contributed by atoms with E-state index in [4.69, 9.17) is 20.4 Å². The van der Waals surface area contributed by atoms with Gasteiger partial charge in [0.05, 0.1) is 18.9 Å². The molecule has 13 heteroatoms. The molecule has 0 aromatic carbocycles. The van der Waals surface area contributed by atoms with Gasteiger partial charge in [-0.05, 0) is 12.8 Å². The van der Waals surface area contributed by atoms with E-state index in [1.54, 1.807) is 30.8 Å². The van der Waals surface area contributed by atoms with Crippen molar-refractivity contribution in [2.45, 2.75) is 18.9 Å². The Hall–Kier alpha value is -2.61. The molecule has 0 bridgehead atoms. The van der Waals surface area contributed by atoms with Crippen molar-refractivity contribution < 1.29 is 13.2 Å². The van der Waals surface area contributed by atoms with Crippen LogP contribution in [-0.2, 0) is 21.4 Å². The number of nitrogens with two attached hydrogens (primary N) is 1. The normalized spacial score (nSPS) is 21.7. The van der Waals surface area contributed by atoms with Gasteiger partial charge in [-0.15, -0.1) is 0 Å². The van der Waals surface area contributed by atoms with Gasteiger partial charge in [-0.3, -0.25) is 0 Å². The Balaban J connectivity index is 1.51. The lowest BCUT2D eigenvalue weighted by Crippen LogP contribution is -2.42. The molecule has 0 unspecified atom stereocenters. The second kappa shape index (κ2) is 8.63. The summed E-state index contributed by atoms with van der Waals surface area (Å²) < 4.78 is 33.6. The highest BCUT2D eigenvalue weighted by Crippen LogP contribution is 2.38. The Bertz CT molecular complexity index is 1120. The summed E-state index contributed by atoms with van der Waals surface area (Å²) >= 11 is 0. The molecule has 0 spiro atoms. The topological polar surface area (TPSA) is 134 Å². The van der Waals surface area contributed by atoms with E-state index >= 15 is 0 Å². The van der Waals surface area contributed by atoms with Crippen molar-refractivity contribution in [2.24, 2.45) is 0 Å². The number of nitrogens with zero attached hydrogens (tertiary/aromatic N) is 8. The second-order valence-corrected chi connectivity index (χ2v) is 10.8. The van der Waals surface area contributed by atoms with E-state index in [-0.39, 0.29) is 12.0 Å². The number of nitrogen functional groups attached to an aromatic ring is 1. The number of fused-ring (bicyclic) bond motifs is 1. The maximum atomic E-state index is 12.6. The highest BCUT2D eigenvalue weighted by Gasteiger charge is 2.39. The van der Waals surface area contributed by atoms with E-state index in [1.807, 2.05) is 0 Å². The van der Waals surface area contributed by atoms with Crippen LogP contribution in [0, 0.1) is 0 Å². The van der Waals surface area contributed by atoms with Crippen LogP contribution >= 0.6 is 0 Å². The summed E-state index contributed by atoms with van der Waals surface area (Å²) in [5.74, 6) is 1.73. The number of ether oxygens (including phenoxy) is 1. The Labute approximate surface area is 193 Å². The monoisotopic (exact) mass is 475 g/mol. The summed E-state index contributed by atoms with van der Waals surface area (Å²) in [5.41, 5.74) is 8.33. The fraction of sp³-hybridized carbons (Fsp3) is 0.600. The molecular formula is C20H29N9O3S. The summed E-state index contributed by atoms with van der Waals surface area (Å²) in [6.45, 7) is 4.40. The van der Waals surface area contributed by atoms with E-state index in [2.05, 4.69) is 19.8 Å². The van der Waals surface area contributed by atoms with Crippen LogP contribution in [0.4, 0.5) is 17.7 Å². The minimum absolute atomic E-state index is 0.0592. The lowest BCUT2D eigenvalue weighted by molar-refractivity contribution is 0.122. The molecule has 2 aromatic heterocycles. The smallest absolute Gasteiger partial charge is 0.281 e. The van der Waals surface area contributed by atoms with E-state index in [9.17, 15) is 8.42 Å². The van der Waals surface area contributed by atoms with Crippen LogP contribution in [0.2, 0.25) is 0 Å². The Morgan fingerprint density at radius 3 is 2.52 bits per heavy atom. The first kappa shape index (κ1) is 22.2. The van der Waals surface area contributed by atoms with E-state index in [0.29, 0.717) is 32.3 Å². The summed E-state index contributed by atoms with van der Waals surface area (Å²) in [4.78, 5) is 22.6. The molecule has 0 aliphatic carbocycles. The first-order chi connectivity index (χ1) is 15.8. The summed E-state index contributed by atoms with van der Waals surface area (Å²) in [5, 5.41) is 0. The molecular weight excluding hydrogens is 446 g/mol. The molecule has 12 nitrogen and oxygen atoms in total. The van der Waals surface area contributed by atoms with Gasteiger partial charge >= 0.3 is 0 Å². The third kappa shape index (κ3) is 4.09. The van der Waals surface area contributed by atoms with Gasteiger partial charge in [-0.2, -0.15) is 22.0 Å². The number of aromatic nitrogens is 4. The molecule has 0 amide bonds. The predicted octanol–water partition coefficient (Wildman–Crippen LogP) is -0.404. The molecule has 5 rings (SSSR count). The van der Waals surface area contributed by atoms with Crippen molar-refractivity contribution in [3.8, 4) is 11.3 Å². The SMILES string of the molecule is CN(C)S(=O)(=O)N1CC[C@H](N2CCc3c(-c4cnc(N)nc4)nc(N4CCOCC4)nc32)C1. The number of hydrogen-bond acceptors (Lipinski definition) is 10. The zero-order chi connectivity index (χ0) is 23.2. The van der Waals surface area contributed by atoms with Crippen molar-refractivity contribution in [2.75, 3.05) is 75.6 Å². The van der Waals surface area contributed by atoms with Crippen LogP contribution in [0.15, 0.2) is 12.4 Å². The summed E-state index contributed by atoms with van der Waals surface area (Å²) in [7, 11) is -0.308. The molecule has 2 aromatic rings. The number of anilines is 3. The molecule has 2 fully saturated rings. The zero-order valence-corrected chi connectivity index (χ0v) is 19.7. The van der Waals surface area contributed by atoms with Gasteiger partial charge in [0.15, 0.2) is 0 Å². The van der Waals surface area contributed by atoms with Crippen LogP contribution in [0.1, 0.15) is 12.0 Å². The average molecular weight is 476 g/mol. The average Bonchev–Trinajstić information content (AvgIpc) is 3.47. The van der Waals surface area contributed by atoms with Crippen LogP contribution in [-0.4, -0.2) is 103 Å². The van der Waals surface area contributed by atoms with Crippen LogP contribution in [0.25, 0.3) is 11.3 Å². The van der Waals surface area contributed by atoms with Gasteiger partial charge in [0.1, 0.15) is 5.82 Å². The fourth-order valence-electron chi connectivity index (χ4n) is 4.63. The summed E-state index contributed by atoms with van der Waals surface area (Å²) in [6.07, 6.45) is 4.91. The van der Waals surface area contributed by atoms with Crippen molar-refractivity contribution in [1.82, 2.24) is 28.5 Å². The second-order valence-electron chi connectivity index (χ2n) is 8.64. The maximum Gasteiger partial charge on any atom is 0.281 e. The molecule has 3 aliphatic rings. The van der Waals surface area contributed by atoms with Crippen molar-refractivity contribution in [1.29, 1.82) is 0 Å². The molecule has 2 saturated heterocycles. The molecule has 178 valence electrons. The van der Waals surface area contributed by atoms with Crippen LogP contribution < -0.4 is 15.5 Å². The largest absolute Gasteiger partial charge is 0.378 e. The Morgan fingerprint density at radius 1 is 1.09 bits per heavy atom. The quantitative estimate of drug-likeness (QED) is 0.608. The first-order valence-electron chi connectivity index (χ1n) is 11.1. The molecule has 2 N–H and O–H groups in total. The molecule has 0 radical (unpaired) electrons. The highest BCUT2D eigenvalue weighted by atomic mass is 32.2. The van der Waals surface area contributed by atoms with Crippen molar-refractivity contribution >= 4 is 27.9 Å². The molecule has 0 saturated carbocycles. The first-order valence-corrected chi connectivity index (χ1v) is 12.5. The van der Waals surface area contributed by atoms with Crippen LogP contribution in [0.3, 0.4) is 0 Å². The van der Waals surface area contributed by atoms with Gasteiger partial charge in [0.2, 0.25) is 11.9 Å². The molecule has 5 heterocycles. The fourth-order valence-corrected chi connectivity index (χ4v) is 5.79. The maximum absolute atomic E-state index is 12.6. The third-order valence-electron chi connectivity index (χ3n) is 6.44. The van der Waals surface area contributed by atoms with E-state index in [1.165, 1.54) is 4.31 Å². The lowest BCUT2D eigenvalue weighted by Gasteiger charge is -2.30. The molecule has 33 heavy (non-hydrogen) atoms. The Kier molecular flexibility index (Phi) is 5.80. The van der Waals surface area contributed by atoms with Gasteiger partial charge in [-0.1, -0.05) is 0 Å². The van der Waals surface area contributed by atoms with Gasteiger partial charge in [0, 0.05) is 76.4 Å². The minimum atomic E-state index is -3.44. The van der Waals surface area contributed by atoms with Gasteiger partial charge < -0.3 is 20.3 Å². The minimum Gasteiger partial charge on any atom is -0.378 e. The zero-order valence-electron chi connectivity index (χ0n) is 18.9. The van der Waals surface area contributed by atoms with Gasteiger partial charge in [-0.25, -0.2) is 15.0 Å². The van der Waals surface area contributed by atoms with Crippen LogP contribution in [0.5, 0.6) is 0 Å². The summed E-state index contributed by atoms with van der Waals surface area (Å²) in [6, 6.07) is 0.0592. The standard InChI is InChI=1S/C20H29N9O3S/c1-26(2)33(30,31)28-5-3-15(13-28)29-6-4-16-17(14-11-22-19(21)23-12-14)24-20(25-18(16)29)27-7-9-32-10-8-27/h11-12,15H,3-10,13H2,1-2H3,(H2,21,22,23)/t15-/m0/s1. The highest BCUT2D eigenvalue weighted by molar-refractivity contribution is 7.86. The third-order valence-corrected chi connectivity index (χ3v) is 8.35. The van der Waals surface area contributed by atoms with E-state index in [0.717, 1.165) is 55.1 Å². The number of hydrogen-bond donors (Lipinski definition) is 1. The van der Waals surface area contributed by atoms with Crippen molar-refractivity contribution in [3.63, 3.8) is 0 Å². The predicted molar refractivity (Wildman–Crippen MR) is 124 cm³/mol.